The fourth-order valence-corrected chi connectivity index (χ4v) is 2.85. The van der Waals surface area contributed by atoms with Crippen molar-refractivity contribution < 1.29 is 4.21 Å². The molecule has 2 aromatic rings. The second-order valence-corrected chi connectivity index (χ2v) is 5.25. The molecule has 0 saturated heterocycles. The molecule has 0 aliphatic rings. The number of hydrogen-bond acceptors (Lipinski definition) is 3. The predicted molar refractivity (Wildman–Crippen MR) is 69.9 cm³/mol. The van der Waals surface area contributed by atoms with Gasteiger partial charge in [-0.05, 0) is 36.2 Å². The summed E-state index contributed by atoms with van der Waals surface area (Å²) in [7, 11) is -1.11. The quantitative estimate of drug-likeness (QED) is 0.845. The lowest BCUT2D eigenvalue weighted by Gasteiger charge is -2.07. The Balaban J connectivity index is 2.24. The lowest BCUT2D eigenvalue weighted by atomic mass is 10.2. The van der Waals surface area contributed by atoms with Crippen LogP contribution in [0.15, 0.2) is 47.6 Å². The molecule has 3 nitrogen and oxygen atoms in total. The molecule has 1 aromatic carbocycles. The topological polar surface area (TPSA) is 56.0 Å². The van der Waals surface area contributed by atoms with Gasteiger partial charge in [0.15, 0.2) is 0 Å². The molecule has 0 spiro atoms. The number of nitrogens with two attached hydrogens (primary N) is 1. The first-order chi connectivity index (χ1) is 8.18. The molecule has 0 aliphatic heterocycles. The van der Waals surface area contributed by atoms with E-state index in [1.54, 1.807) is 12.4 Å². The summed E-state index contributed by atoms with van der Waals surface area (Å²) in [5.74, 6) is 0.468. The molecule has 0 radical (unpaired) electrons. The maximum atomic E-state index is 12.2. The van der Waals surface area contributed by atoms with Crippen LogP contribution in [0.25, 0.3) is 0 Å². The number of anilines is 1. The first-order valence-electron chi connectivity index (χ1n) is 5.31. The van der Waals surface area contributed by atoms with Gasteiger partial charge < -0.3 is 5.73 Å². The van der Waals surface area contributed by atoms with Gasteiger partial charge in [0, 0.05) is 12.4 Å². The summed E-state index contributed by atoms with van der Waals surface area (Å²) in [6.07, 6.45) is 3.40. The summed E-state index contributed by atoms with van der Waals surface area (Å²) >= 11 is 0. The minimum absolute atomic E-state index is 0.468. The van der Waals surface area contributed by atoms with Crippen LogP contribution >= 0.6 is 0 Å². The Hall–Kier alpha value is -1.68. The molecule has 1 aromatic heterocycles. The molecule has 0 fully saturated rings. The number of aromatic nitrogens is 1. The van der Waals surface area contributed by atoms with Crippen molar-refractivity contribution in [3.05, 3.63) is 53.9 Å². The van der Waals surface area contributed by atoms with E-state index in [9.17, 15) is 4.21 Å². The van der Waals surface area contributed by atoms with E-state index in [0.717, 1.165) is 11.1 Å². The van der Waals surface area contributed by atoms with Crippen molar-refractivity contribution in [3.63, 3.8) is 0 Å². The Bertz CT molecular complexity index is 540. The third kappa shape index (κ3) is 2.71. The van der Waals surface area contributed by atoms with E-state index in [2.05, 4.69) is 4.98 Å². The van der Waals surface area contributed by atoms with Gasteiger partial charge in [-0.2, -0.15) is 0 Å². The third-order valence-electron chi connectivity index (χ3n) is 2.58. The highest BCUT2D eigenvalue weighted by atomic mass is 32.2. The van der Waals surface area contributed by atoms with Crippen LogP contribution in [0.1, 0.15) is 11.1 Å². The lowest BCUT2D eigenvalue weighted by Crippen LogP contribution is -2.02. The number of pyridine rings is 1. The van der Waals surface area contributed by atoms with Crippen molar-refractivity contribution in [3.8, 4) is 0 Å². The first-order valence-corrected chi connectivity index (χ1v) is 6.63. The molecule has 0 aliphatic carbocycles. The molecule has 1 heterocycles. The number of para-hydroxylation sites is 1. The van der Waals surface area contributed by atoms with Crippen molar-refractivity contribution in [1.29, 1.82) is 0 Å². The zero-order valence-electron chi connectivity index (χ0n) is 9.59. The van der Waals surface area contributed by atoms with Crippen LogP contribution in [0.2, 0.25) is 0 Å². The van der Waals surface area contributed by atoms with Gasteiger partial charge in [-0.1, -0.05) is 12.1 Å². The minimum atomic E-state index is -1.11. The number of nitrogen functional groups attached to an aromatic ring is 1. The molecular weight excluding hydrogens is 232 g/mol. The average Bonchev–Trinajstić information content (AvgIpc) is 2.34. The van der Waals surface area contributed by atoms with Gasteiger partial charge in [-0.25, -0.2) is 0 Å². The molecule has 2 N–H and O–H groups in total. The van der Waals surface area contributed by atoms with E-state index in [4.69, 9.17) is 5.73 Å². The zero-order chi connectivity index (χ0) is 12.3. The number of nitrogens with zero attached hydrogens (tertiary/aromatic N) is 1. The van der Waals surface area contributed by atoms with E-state index >= 15 is 0 Å². The highest BCUT2D eigenvalue weighted by molar-refractivity contribution is 7.84. The fourth-order valence-electron chi connectivity index (χ4n) is 1.56. The number of hydrogen-bond donors (Lipinski definition) is 1. The Morgan fingerprint density at radius 2 is 1.94 bits per heavy atom. The average molecular weight is 246 g/mol. The van der Waals surface area contributed by atoms with Crippen LogP contribution in [-0.4, -0.2) is 9.19 Å². The summed E-state index contributed by atoms with van der Waals surface area (Å²) < 4.78 is 12.2. The molecule has 2 rings (SSSR count). The van der Waals surface area contributed by atoms with Crippen LogP contribution in [0.5, 0.6) is 0 Å². The third-order valence-corrected chi connectivity index (χ3v) is 4.02. The van der Waals surface area contributed by atoms with Crippen LogP contribution in [-0.2, 0) is 16.6 Å². The van der Waals surface area contributed by atoms with Crippen molar-refractivity contribution >= 4 is 16.5 Å². The number of benzene rings is 1. The van der Waals surface area contributed by atoms with E-state index in [1.165, 1.54) is 0 Å². The fraction of sp³-hybridized carbons (Fsp3) is 0.154. The SMILES string of the molecule is Cc1cccc(S(=O)Cc2ccncc2)c1N. The van der Waals surface area contributed by atoms with Gasteiger partial charge in [-0.3, -0.25) is 9.19 Å². The normalized spacial score (nSPS) is 12.3. The van der Waals surface area contributed by atoms with Crippen molar-refractivity contribution in [1.82, 2.24) is 4.98 Å². The second kappa shape index (κ2) is 5.10. The summed E-state index contributed by atoms with van der Waals surface area (Å²) in [6, 6.07) is 9.35. The van der Waals surface area contributed by atoms with Gasteiger partial charge in [-0.15, -0.1) is 0 Å². The van der Waals surface area contributed by atoms with Crippen molar-refractivity contribution in [2.24, 2.45) is 0 Å². The van der Waals surface area contributed by atoms with Gasteiger partial charge >= 0.3 is 0 Å². The maximum absolute atomic E-state index is 12.2. The highest BCUT2D eigenvalue weighted by Gasteiger charge is 2.09. The van der Waals surface area contributed by atoms with Gasteiger partial charge in [0.05, 0.1) is 27.1 Å². The first kappa shape index (κ1) is 11.8. The minimum Gasteiger partial charge on any atom is -0.398 e. The molecule has 1 atom stereocenters. The Morgan fingerprint density at radius 1 is 1.24 bits per heavy atom. The van der Waals surface area contributed by atoms with Crippen LogP contribution in [0.3, 0.4) is 0 Å². The highest BCUT2D eigenvalue weighted by Crippen LogP contribution is 2.22. The van der Waals surface area contributed by atoms with Crippen LogP contribution < -0.4 is 5.73 Å². The summed E-state index contributed by atoms with van der Waals surface area (Å²) in [5.41, 5.74) is 8.52. The Morgan fingerprint density at radius 3 is 2.65 bits per heavy atom. The van der Waals surface area contributed by atoms with E-state index < -0.39 is 10.8 Å². The Kier molecular flexibility index (Phi) is 3.54. The molecule has 0 amide bonds. The number of rotatable bonds is 3. The van der Waals surface area contributed by atoms with E-state index in [-0.39, 0.29) is 0 Å². The van der Waals surface area contributed by atoms with Gasteiger partial charge in [0.1, 0.15) is 0 Å². The molecule has 0 saturated carbocycles. The summed E-state index contributed by atoms with van der Waals surface area (Å²) in [4.78, 5) is 4.64. The zero-order valence-corrected chi connectivity index (χ0v) is 10.4. The van der Waals surface area contributed by atoms with Crippen LogP contribution in [0, 0.1) is 6.92 Å². The predicted octanol–water partition coefficient (Wildman–Crippen LogP) is 2.28. The summed E-state index contributed by atoms with van der Waals surface area (Å²) in [6.45, 7) is 1.92. The molecule has 0 bridgehead atoms. The van der Waals surface area contributed by atoms with E-state index in [0.29, 0.717) is 16.3 Å². The maximum Gasteiger partial charge on any atom is 0.0623 e. The molecular formula is C13H14N2OS. The standard InChI is InChI=1S/C13H14N2OS/c1-10-3-2-4-12(13(10)14)17(16)9-11-5-7-15-8-6-11/h2-8H,9,14H2,1H3. The molecule has 4 heteroatoms. The monoisotopic (exact) mass is 246 g/mol. The molecule has 1 unspecified atom stereocenters. The van der Waals surface area contributed by atoms with Gasteiger partial charge in [0.25, 0.3) is 0 Å². The molecule has 17 heavy (non-hydrogen) atoms. The van der Waals surface area contributed by atoms with Crippen LogP contribution in [0.4, 0.5) is 5.69 Å². The Labute approximate surface area is 103 Å². The van der Waals surface area contributed by atoms with Crippen molar-refractivity contribution in [2.75, 3.05) is 5.73 Å². The summed E-state index contributed by atoms with van der Waals surface area (Å²) in [5, 5.41) is 0. The number of aryl methyl sites for hydroxylation is 1. The van der Waals surface area contributed by atoms with Gasteiger partial charge in [0.2, 0.25) is 0 Å². The lowest BCUT2D eigenvalue weighted by molar-refractivity contribution is 0.683. The second-order valence-electron chi connectivity index (χ2n) is 3.83. The smallest absolute Gasteiger partial charge is 0.0623 e. The molecule has 88 valence electrons. The largest absolute Gasteiger partial charge is 0.398 e. The van der Waals surface area contributed by atoms with E-state index in [1.807, 2.05) is 37.3 Å². The van der Waals surface area contributed by atoms with Crippen molar-refractivity contribution in [2.45, 2.75) is 17.6 Å².